The van der Waals surface area contributed by atoms with E-state index >= 15 is 0 Å². The minimum absolute atomic E-state index is 0.215. The van der Waals surface area contributed by atoms with E-state index in [2.05, 4.69) is 33.9 Å². The van der Waals surface area contributed by atoms with Crippen LogP contribution < -0.4 is 0 Å². The first-order valence-electron chi connectivity index (χ1n) is 7.96. The average Bonchev–Trinajstić information content (AvgIpc) is 2.56. The van der Waals surface area contributed by atoms with Gasteiger partial charge in [0.25, 0.3) is 0 Å². The van der Waals surface area contributed by atoms with Gasteiger partial charge in [-0.25, -0.2) is 9.97 Å². The van der Waals surface area contributed by atoms with E-state index in [1.807, 2.05) is 6.20 Å². The van der Waals surface area contributed by atoms with Crippen molar-refractivity contribution in [2.45, 2.75) is 44.9 Å². The molecule has 0 bridgehead atoms. The van der Waals surface area contributed by atoms with Gasteiger partial charge >= 0.3 is 0 Å². The summed E-state index contributed by atoms with van der Waals surface area (Å²) in [5, 5.41) is 0. The summed E-state index contributed by atoms with van der Waals surface area (Å²) in [7, 11) is 0. The summed E-state index contributed by atoms with van der Waals surface area (Å²) in [6.45, 7) is 3.81. The highest BCUT2D eigenvalue weighted by Crippen LogP contribution is 2.30. The maximum Gasteiger partial charge on any atom is 0.226 e. The normalized spacial score (nSPS) is 23.3. The Morgan fingerprint density at radius 2 is 2.05 bits per heavy atom. The molecule has 2 aliphatic rings. The molecule has 1 amide bonds. The molecule has 0 N–H and O–H groups in total. The molecule has 2 heterocycles. The molecular formula is C17H23N3O. The highest BCUT2D eigenvalue weighted by Gasteiger charge is 2.29. The van der Waals surface area contributed by atoms with E-state index < -0.39 is 0 Å². The molecule has 1 saturated heterocycles. The van der Waals surface area contributed by atoms with Gasteiger partial charge in [-0.2, -0.15) is 0 Å². The number of hydrogen-bond donors (Lipinski definition) is 0. The first kappa shape index (κ1) is 14.2. The first-order chi connectivity index (χ1) is 10.3. The predicted molar refractivity (Wildman–Crippen MR) is 81.8 cm³/mol. The Bertz CT molecular complexity index is 533. The maximum atomic E-state index is 12.5. The summed E-state index contributed by atoms with van der Waals surface area (Å²) in [5.41, 5.74) is 2.33. The third-order valence-electron chi connectivity index (χ3n) is 4.75. The van der Waals surface area contributed by atoms with Crippen LogP contribution in [0.15, 0.2) is 24.7 Å². The van der Waals surface area contributed by atoms with Gasteiger partial charge in [0.15, 0.2) is 0 Å². The van der Waals surface area contributed by atoms with Gasteiger partial charge in [0.1, 0.15) is 6.33 Å². The SMILES string of the molecule is Cc1cncnc1C1CCN(C(=O)[C@@H]2CC=CCC2)CC1. The molecule has 1 fully saturated rings. The van der Waals surface area contributed by atoms with Crippen LogP contribution in [-0.2, 0) is 4.79 Å². The molecule has 0 spiro atoms. The maximum absolute atomic E-state index is 12.5. The number of aryl methyl sites for hydroxylation is 1. The number of nitrogens with zero attached hydrogens (tertiary/aromatic N) is 3. The van der Waals surface area contributed by atoms with Crippen molar-refractivity contribution < 1.29 is 4.79 Å². The van der Waals surface area contributed by atoms with Crippen LogP contribution in [0.1, 0.15) is 49.3 Å². The Hall–Kier alpha value is -1.71. The van der Waals surface area contributed by atoms with E-state index in [1.54, 1.807) is 6.33 Å². The highest BCUT2D eigenvalue weighted by atomic mass is 16.2. The monoisotopic (exact) mass is 285 g/mol. The fourth-order valence-electron chi connectivity index (χ4n) is 3.49. The number of carbonyl (C=O) groups is 1. The quantitative estimate of drug-likeness (QED) is 0.785. The van der Waals surface area contributed by atoms with Gasteiger partial charge in [-0.3, -0.25) is 4.79 Å². The van der Waals surface area contributed by atoms with Crippen LogP contribution in [0.25, 0.3) is 0 Å². The number of rotatable bonds is 2. The van der Waals surface area contributed by atoms with Crippen molar-refractivity contribution in [2.75, 3.05) is 13.1 Å². The topological polar surface area (TPSA) is 46.1 Å². The van der Waals surface area contributed by atoms with Gasteiger partial charge < -0.3 is 4.90 Å². The summed E-state index contributed by atoms with van der Waals surface area (Å²) >= 11 is 0. The molecule has 0 radical (unpaired) electrons. The minimum Gasteiger partial charge on any atom is -0.342 e. The number of piperidine rings is 1. The number of aromatic nitrogens is 2. The number of likely N-dealkylation sites (tertiary alicyclic amines) is 1. The Morgan fingerprint density at radius 3 is 2.71 bits per heavy atom. The molecule has 112 valence electrons. The molecule has 0 aromatic carbocycles. The Kier molecular flexibility index (Phi) is 4.32. The smallest absolute Gasteiger partial charge is 0.226 e. The number of carbonyl (C=O) groups excluding carboxylic acids is 1. The molecule has 1 aromatic heterocycles. The van der Waals surface area contributed by atoms with Gasteiger partial charge in [0.05, 0.1) is 0 Å². The second-order valence-corrected chi connectivity index (χ2v) is 6.17. The summed E-state index contributed by atoms with van der Waals surface area (Å²) in [6.07, 6.45) is 12.9. The molecule has 3 rings (SSSR count). The zero-order chi connectivity index (χ0) is 14.7. The molecule has 4 nitrogen and oxygen atoms in total. The second kappa shape index (κ2) is 6.37. The van der Waals surface area contributed by atoms with Gasteiger partial charge in [0.2, 0.25) is 5.91 Å². The standard InChI is InChI=1S/C17H23N3O/c1-13-11-18-12-19-16(13)14-7-9-20(10-8-14)17(21)15-5-3-2-4-6-15/h2-3,11-12,14-15H,4-10H2,1H3/t15-/m1/s1. The largest absolute Gasteiger partial charge is 0.342 e. The zero-order valence-corrected chi connectivity index (χ0v) is 12.7. The summed E-state index contributed by atoms with van der Waals surface area (Å²) in [5.74, 6) is 1.05. The third kappa shape index (κ3) is 3.14. The zero-order valence-electron chi connectivity index (χ0n) is 12.7. The number of amides is 1. The average molecular weight is 285 g/mol. The first-order valence-corrected chi connectivity index (χ1v) is 7.96. The van der Waals surface area contributed by atoms with Crippen molar-refractivity contribution in [3.63, 3.8) is 0 Å². The van der Waals surface area contributed by atoms with E-state index in [-0.39, 0.29) is 5.92 Å². The fourth-order valence-corrected chi connectivity index (χ4v) is 3.49. The molecule has 1 aliphatic heterocycles. The second-order valence-electron chi connectivity index (χ2n) is 6.17. The lowest BCUT2D eigenvalue weighted by Gasteiger charge is -2.34. The van der Waals surface area contributed by atoms with Crippen molar-refractivity contribution in [3.05, 3.63) is 35.9 Å². The Morgan fingerprint density at radius 1 is 1.24 bits per heavy atom. The van der Waals surface area contributed by atoms with Gasteiger partial charge in [-0.05, 0) is 44.6 Å². The number of hydrogen-bond acceptors (Lipinski definition) is 3. The van der Waals surface area contributed by atoms with Gasteiger partial charge in [-0.15, -0.1) is 0 Å². The van der Waals surface area contributed by atoms with Gasteiger partial charge in [0, 0.05) is 36.8 Å². The Balaban J connectivity index is 1.59. The molecule has 0 saturated carbocycles. The highest BCUT2D eigenvalue weighted by molar-refractivity contribution is 5.79. The van der Waals surface area contributed by atoms with Crippen LogP contribution in [0.5, 0.6) is 0 Å². The van der Waals surface area contributed by atoms with Gasteiger partial charge in [-0.1, -0.05) is 12.2 Å². The molecule has 0 unspecified atom stereocenters. The van der Waals surface area contributed by atoms with Crippen LogP contribution in [0.4, 0.5) is 0 Å². The van der Waals surface area contributed by atoms with Crippen molar-refractivity contribution in [3.8, 4) is 0 Å². The van der Waals surface area contributed by atoms with E-state index in [1.165, 1.54) is 5.56 Å². The van der Waals surface area contributed by atoms with Crippen LogP contribution in [-0.4, -0.2) is 33.9 Å². The van der Waals surface area contributed by atoms with E-state index in [4.69, 9.17) is 0 Å². The molecular weight excluding hydrogens is 262 g/mol. The lowest BCUT2D eigenvalue weighted by molar-refractivity contribution is -0.136. The van der Waals surface area contributed by atoms with Crippen molar-refractivity contribution >= 4 is 5.91 Å². The molecule has 21 heavy (non-hydrogen) atoms. The van der Waals surface area contributed by atoms with E-state index in [9.17, 15) is 4.79 Å². The predicted octanol–water partition coefficient (Wildman–Crippen LogP) is 2.85. The van der Waals surface area contributed by atoms with Crippen LogP contribution in [0.2, 0.25) is 0 Å². The van der Waals surface area contributed by atoms with Crippen LogP contribution in [0.3, 0.4) is 0 Å². The van der Waals surface area contributed by atoms with E-state index in [0.29, 0.717) is 11.8 Å². The lowest BCUT2D eigenvalue weighted by Crippen LogP contribution is -2.41. The molecule has 1 atom stereocenters. The summed E-state index contributed by atoms with van der Waals surface area (Å²) in [4.78, 5) is 23.1. The molecule has 1 aliphatic carbocycles. The lowest BCUT2D eigenvalue weighted by atomic mass is 9.88. The van der Waals surface area contributed by atoms with E-state index in [0.717, 1.165) is 50.9 Å². The van der Waals surface area contributed by atoms with Crippen LogP contribution >= 0.6 is 0 Å². The van der Waals surface area contributed by atoms with Crippen molar-refractivity contribution in [1.82, 2.24) is 14.9 Å². The molecule has 4 heteroatoms. The molecule has 1 aromatic rings. The third-order valence-corrected chi connectivity index (χ3v) is 4.75. The summed E-state index contributed by atoms with van der Waals surface area (Å²) < 4.78 is 0. The minimum atomic E-state index is 0.215. The van der Waals surface area contributed by atoms with Crippen LogP contribution in [0, 0.1) is 12.8 Å². The summed E-state index contributed by atoms with van der Waals surface area (Å²) in [6, 6.07) is 0. The Labute approximate surface area is 126 Å². The van der Waals surface area contributed by atoms with Crippen molar-refractivity contribution in [2.24, 2.45) is 5.92 Å². The van der Waals surface area contributed by atoms with Crippen molar-refractivity contribution in [1.29, 1.82) is 0 Å². The number of allylic oxidation sites excluding steroid dienone is 2. The fraction of sp³-hybridized carbons (Fsp3) is 0.588.